The highest BCUT2D eigenvalue weighted by Gasteiger charge is 2.36. The molecule has 0 radical (unpaired) electrons. The van der Waals surface area contributed by atoms with E-state index in [4.69, 9.17) is 0 Å². The van der Waals surface area contributed by atoms with Crippen LogP contribution in [0.4, 0.5) is 18.3 Å². The molecule has 2 heterocycles. The molecule has 0 aliphatic carbocycles. The summed E-state index contributed by atoms with van der Waals surface area (Å²) in [6.07, 6.45) is -4.49. The lowest BCUT2D eigenvalue weighted by atomic mass is 10.5. The first-order valence-corrected chi connectivity index (χ1v) is 6.16. The zero-order valence-electron chi connectivity index (χ0n) is 8.58. The first kappa shape index (κ1) is 12.2. The molecule has 0 aliphatic rings. The van der Waals surface area contributed by atoms with Gasteiger partial charge in [0.1, 0.15) is 0 Å². The van der Waals surface area contributed by atoms with Crippen LogP contribution in [-0.4, -0.2) is 14.3 Å². The fourth-order valence-corrected chi connectivity index (χ4v) is 2.26. The third-order valence-electron chi connectivity index (χ3n) is 1.77. The SMILES string of the molecule is Cc1nc(CNc2nc(C(F)(F)F)ns2)cs1. The minimum Gasteiger partial charge on any atom is -0.355 e. The van der Waals surface area contributed by atoms with Crippen LogP contribution < -0.4 is 5.32 Å². The zero-order chi connectivity index (χ0) is 12.5. The van der Waals surface area contributed by atoms with E-state index in [0.717, 1.165) is 10.7 Å². The Morgan fingerprint density at radius 2 is 2.12 bits per heavy atom. The maximum absolute atomic E-state index is 12.2. The average Bonchev–Trinajstić information content (AvgIpc) is 2.82. The van der Waals surface area contributed by atoms with Gasteiger partial charge < -0.3 is 5.32 Å². The van der Waals surface area contributed by atoms with Gasteiger partial charge in [0, 0.05) is 16.9 Å². The molecule has 9 heteroatoms. The molecule has 0 aromatic carbocycles. The van der Waals surface area contributed by atoms with Crippen molar-refractivity contribution in [3.8, 4) is 0 Å². The van der Waals surface area contributed by atoms with Gasteiger partial charge in [0.2, 0.25) is 11.0 Å². The predicted octanol–water partition coefficient (Wildman–Crippen LogP) is 2.93. The van der Waals surface area contributed by atoms with E-state index in [9.17, 15) is 13.2 Å². The summed E-state index contributed by atoms with van der Waals surface area (Å²) in [5.74, 6) is -1.11. The van der Waals surface area contributed by atoms with Crippen molar-refractivity contribution in [2.24, 2.45) is 0 Å². The molecule has 0 amide bonds. The summed E-state index contributed by atoms with van der Waals surface area (Å²) >= 11 is 2.17. The maximum atomic E-state index is 12.2. The zero-order valence-corrected chi connectivity index (χ0v) is 10.2. The number of halogens is 3. The molecule has 2 aromatic rings. The van der Waals surface area contributed by atoms with Crippen LogP contribution in [-0.2, 0) is 12.7 Å². The van der Waals surface area contributed by atoms with Crippen molar-refractivity contribution in [1.29, 1.82) is 0 Å². The van der Waals surface area contributed by atoms with E-state index < -0.39 is 12.0 Å². The molecule has 92 valence electrons. The summed E-state index contributed by atoms with van der Waals surface area (Å²) in [5, 5.41) is 5.65. The van der Waals surface area contributed by atoms with Gasteiger partial charge in [-0.15, -0.1) is 11.3 Å². The number of hydrogen-bond acceptors (Lipinski definition) is 6. The lowest BCUT2D eigenvalue weighted by Gasteiger charge is -1.99. The number of alkyl halides is 3. The van der Waals surface area contributed by atoms with Crippen LogP contribution in [0, 0.1) is 6.92 Å². The van der Waals surface area contributed by atoms with Gasteiger partial charge in [-0.05, 0) is 6.92 Å². The highest BCUT2D eigenvalue weighted by atomic mass is 32.1. The van der Waals surface area contributed by atoms with Gasteiger partial charge in [0.25, 0.3) is 0 Å². The molecule has 0 atom stereocenters. The van der Waals surface area contributed by atoms with E-state index in [1.54, 1.807) is 0 Å². The lowest BCUT2D eigenvalue weighted by molar-refractivity contribution is -0.144. The van der Waals surface area contributed by atoms with Crippen molar-refractivity contribution in [2.45, 2.75) is 19.6 Å². The molecular weight excluding hydrogens is 273 g/mol. The standard InChI is InChI=1S/C8H7F3N4S2/c1-4-13-5(3-16-4)2-12-7-14-6(15-17-7)8(9,10)11/h3H,2H2,1H3,(H,12,14,15). The van der Waals surface area contributed by atoms with E-state index in [1.165, 1.54) is 11.3 Å². The number of anilines is 1. The van der Waals surface area contributed by atoms with Gasteiger partial charge in [0.15, 0.2) is 0 Å². The Morgan fingerprint density at radius 1 is 1.35 bits per heavy atom. The summed E-state index contributed by atoms with van der Waals surface area (Å²) in [6.45, 7) is 2.21. The summed E-state index contributed by atoms with van der Waals surface area (Å²) in [5.41, 5.74) is 0.774. The topological polar surface area (TPSA) is 50.7 Å². The smallest absolute Gasteiger partial charge is 0.355 e. The normalized spacial score (nSPS) is 11.8. The van der Waals surface area contributed by atoms with Crippen molar-refractivity contribution in [3.05, 3.63) is 21.9 Å². The van der Waals surface area contributed by atoms with Crippen molar-refractivity contribution in [1.82, 2.24) is 14.3 Å². The van der Waals surface area contributed by atoms with Crippen molar-refractivity contribution >= 4 is 28.0 Å². The number of aromatic nitrogens is 3. The third-order valence-corrected chi connectivity index (χ3v) is 3.26. The van der Waals surface area contributed by atoms with Gasteiger partial charge >= 0.3 is 6.18 Å². The van der Waals surface area contributed by atoms with Crippen LogP contribution in [0.25, 0.3) is 0 Å². The minimum absolute atomic E-state index is 0.142. The second-order valence-corrected chi connectivity index (χ2v) is 4.95. The van der Waals surface area contributed by atoms with Crippen LogP contribution in [0.1, 0.15) is 16.5 Å². The lowest BCUT2D eigenvalue weighted by Crippen LogP contribution is -2.07. The highest BCUT2D eigenvalue weighted by molar-refractivity contribution is 7.10. The Hall–Kier alpha value is -1.22. The maximum Gasteiger partial charge on any atom is 0.452 e. The molecule has 0 saturated heterocycles. The second-order valence-electron chi connectivity index (χ2n) is 3.13. The van der Waals surface area contributed by atoms with E-state index in [2.05, 4.69) is 19.7 Å². The molecule has 0 fully saturated rings. The Balaban J connectivity index is 1.98. The van der Waals surface area contributed by atoms with Crippen molar-refractivity contribution in [3.63, 3.8) is 0 Å². The van der Waals surface area contributed by atoms with Crippen LogP contribution in [0.2, 0.25) is 0 Å². The first-order valence-electron chi connectivity index (χ1n) is 4.51. The monoisotopic (exact) mass is 280 g/mol. The molecule has 0 saturated carbocycles. The Bertz CT molecular complexity index is 505. The molecular formula is C8H7F3N4S2. The van der Waals surface area contributed by atoms with Crippen LogP contribution >= 0.6 is 22.9 Å². The molecule has 0 spiro atoms. The highest BCUT2D eigenvalue weighted by Crippen LogP contribution is 2.29. The molecule has 0 bridgehead atoms. The number of rotatable bonds is 3. The van der Waals surface area contributed by atoms with Gasteiger partial charge in [-0.25, -0.2) is 4.98 Å². The number of hydrogen-bond donors (Lipinski definition) is 1. The largest absolute Gasteiger partial charge is 0.452 e. The average molecular weight is 280 g/mol. The fourth-order valence-electron chi connectivity index (χ4n) is 1.07. The van der Waals surface area contributed by atoms with Crippen LogP contribution in [0.15, 0.2) is 5.38 Å². The number of aryl methyl sites for hydroxylation is 1. The predicted molar refractivity (Wildman–Crippen MR) is 59.1 cm³/mol. The molecule has 0 unspecified atom stereocenters. The van der Waals surface area contributed by atoms with E-state index in [-0.39, 0.29) is 5.13 Å². The Kier molecular flexibility index (Phi) is 3.29. The number of nitrogens with zero attached hydrogens (tertiary/aromatic N) is 3. The summed E-state index contributed by atoms with van der Waals surface area (Å²) in [7, 11) is 0. The van der Waals surface area contributed by atoms with E-state index in [0.29, 0.717) is 18.1 Å². The molecule has 4 nitrogen and oxygen atoms in total. The van der Waals surface area contributed by atoms with Crippen molar-refractivity contribution in [2.75, 3.05) is 5.32 Å². The molecule has 1 N–H and O–H groups in total. The van der Waals surface area contributed by atoms with Crippen molar-refractivity contribution < 1.29 is 13.2 Å². The quantitative estimate of drug-likeness (QED) is 0.939. The number of nitrogens with one attached hydrogen (secondary N) is 1. The van der Waals surface area contributed by atoms with Gasteiger partial charge in [-0.2, -0.15) is 22.5 Å². The summed E-state index contributed by atoms with van der Waals surface area (Å²) in [6, 6.07) is 0. The van der Waals surface area contributed by atoms with Crippen LogP contribution in [0.3, 0.4) is 0 Å². The summed E-state index contributed by atoms with van der Waals surface area (Å²) < 4.78 is 39.9. The van der Waals surface area contributed by atoms with E-state index in [1.807, 2.05) is 12.3 Å². The Morgan fingerprint density at radius 3 is 2.65 bits per heavy atom. The Labute approximate surface area is 103 Å². The minimum atomic E-state index is -4.49. The molecule has 0 aliphatic heterocycles. The summed E-state index contributed by atoms with van der Waals surface area (Å²) in [4.78, 5) is 7.52. The van der Waals surface area contributed by atoms with Crippen LogP contribution in [0.5, 0.6) is 0 Å². The number of thiazole rings is 1. The van der Waals surface area contributed by atoms with Gasteiger partial charge in [-0.3, -0.25) is 0 Å². The van der Waals surface area contributed by atoms with E-state index >= 15 is 0 Å². The van der Waals surface area contributed by atoms with Gasteiger partial charge in [-0.1, -0.05) is 0 Å². The molecule has 2 aromatic heterocycles. The third kappa shape index (κ3) is 3.13. The van der Waals surface area contributed by atoms with Gasteiger partial charge in [0.05, 0.1) is 17.2 Å². The second kappa shape index (κ2) is 4.57. The first-order chi connectivity index (χ1) is 7.95. The molecule has 17 heavy (non-hydrogen) atoms. The molecule has 2 rings (SSSR count). The fraction of sp³-hybridized carbons (Fsp3) is 0.375.